The van der Waals surface area contributed by atoms with Gasteiger partial charge in [-0.05, 0) is 19.4 Å². The number of anilines is 3. The number of hydrogen-bond donors (Lipinski definition) is 3. The summed E-state index contributed by atoms with van der Waals surface area (Å²) < 4.78 is 15.4. The van der Waals surface area contributed by atoms with Crippen LogP contribution in [0.2, 0.25) is 0 Å². The van der Waals surface area contributed by atoms with E-state index < -0.39 is 5.82 Å². The van der Waals surface area contributed by atoms with Crippen molar-refractivity contribution in [3.05, 3.63) is 24.4 Å². The summed E-state index contributed by atoms with van der Waals surface area (Å²) in [7, 11) is 1.82. The highest BCUT2D eigenvalue weighted by atomic mass is 19.1. The quantitative estimate of drug-likeness (QED) is 0.769. The molecule has 1 aliphatic heterocycles. The fraction of sp³-hybridized carbons (Fsp3) is 0.462. The molecule has 1 aliphatic rings. The van der Waals surface area contributed by atoms with Gasteiger partial charge in [-0.3, -0.25) is 4.68 Å². The summed E-state index contributed by atoms with van der Waals surface area (Å²) in [6.45, 7) is 1.67. The maximum atomic E-state index is 13.7. The van der Waals surface area contributed by atoms with E-state index in [0.717, 1.165) is 31.3 Å². The van der Waals surface area contributed by atoms with Gasteiger partial charge in [0, 0.05) is 25.8 Å². The standard InChI is InChI=1S/C13H18FN7/c1-21-8-10(6-18-21)19-13-17-7-11(14)12(20-13)16-5-9-3-2-4-15-9/h6-9,15H,2-5H2,1H3,(H2,16,17,19,20)/t9-/m1/s1. The molecule has 21 heavy (non-hydrogen) atoms. The van der Waals surface area contributed by atoms with Crippen LogP contribution in [0.15, 0.2) is 18.6 Å². The Labute approximate surface area is 122 Å². The van der Waals surface area contributed by atoms with Gasteiger partial charge in [-0.2, -0.15) is 10.1 Å². The van der Waals surface area contributed by atoms with Crippen molar-refractivity contribution >= 4 is 17.5 Å². The molecule has 3 heterocycles. The van der Waals surface area contributed by atoms with Crippen LogP contribution in [0.25, 0.3) is 0 Å². The van der Waals surface area contributed by atoms with Crippen LogP contribution in [0, 0.1) is 5.82 Å². The lowest BCUT2D eigenvalue weighted by molar-refractivity contribution is 0.604. The van der Waals surface area contributed by atoms with E-state index in [0.29, 0.717) is 18.5 Å². The van der Waals surface area contributed by atoms with E-state index in [4.69, 9.17) is 0 Å². The van der Waals surface area contributed by atoms with Crippen LogP contribution in [-0.4, -0.2) is 38.9 Å². The van der Waals surface area contributed by atoms with Crippen LogP contribution in [0.5, 0.6) is 0 Å². The van der Waals surface area contributed by atoms with Crippen molar-refractivity contribution < 1.29 is 4.39 Å². The van der Waals surface area contributed by atoms with E-state index >= 15 is 0 Å². The molecule has 3 N–H and O–H groups in total. The fourth-order valence-electron chi connectivity index (χ4n) is 2.32. The van der Waals surface area contributed by atoms with E-state index in [2.05, 4.69) is 31.0 Å². The Morgan fingerprint density at radius 2 is 2.38 bits per heavy atom. The van der Waals surface area contributed by atoms with Crippen molar-refractivity contribution in [1.29, 1.82) is 0 Å². The van der Waals surface area contributed by atoms with E-state index in [-0.39, 0.29) is 5.82 Å². The Kier molecular flexibility index (Phi) is 3.96. The molecule has 0 spiro atoms. The average Bonchev–Trinajstić information content (AvgIpc) is 3.11. The van der Waals surface area contributed by atoms with Crippen molar-refractivity contribution in [2.45, 2.75) is 18.9 Å². The minimum atomic E-state index is -0.454. The van der Waals surface area contributed by atoms with Crippen molar-refractivity contribution in [3.63, 3.8) is 0 Å². The normalized spacial score (nSPS) is 17.9. The highest BCUT2D eigenvalue weighted by molar-refractivity contribution is 5.52. The van der Waals surface area contributed by atoms with Crippen molar-refractivity contribution in [2.75, 3.05) is 23.7 Å². The van der Waals surface area contributed by atoms with Crippen LogP contribution in [-0.2, 0) is 7.05 Å². The Morgan fingerprint density at radius 1 is 1.48 bits per heavy atom. The minimum absolute atomic E-state index is 0.213. The topological polar surface area (TPSA) is 79.7 Å². The molecule has 1 atom stereocenters. The monoisotopic (exact) mass is 291 g/mol. The van der Waals surface area contributed by atoms with E-state index in [9.17, 15) is 4.39 Å². The Balaban J connectivity index is 1.66. The molecule has 0 bridgehead atoms. The van der Waals surface area contributed by atoms with Gasteiger partial charge in [-0.25, -0.2) is 9.37 Å². The number of hydrogen-bond acceptors (Lipinski definition) is 6. The summed E-state index contributed by atoms with van der Waals surface area (Å²) in [5.74, 6) is 0.0982. The Hall–Kier alpha value is -2.22. The molecule has 0 aliphatic carbocycles. The predicted molar refractivity (Wildman–Crippen MR) is 78.0 cm³/mol. The molecule has 112 valence electrons. The molecule has 0 amide bonds. The molecule has 1 fully saturated rings. The second-order valence-electron chi connectivity index (χ2n) is 5.09. The van der Waals surface area contributed by atoms with Crippen LogP contribution in [0.1, 0.15) is 12.8 Å². The highest BCUT2D eigenvalue weighted by Crippen LogP contribution is 2.16. The molecule has 8 heteroatoms. The molecule has 0 aromatic carbocycles. The molecule has 7 nitrogen and oxygen atoms in total. The lowest BCUT2D eigenvalue weighted by Crippen LogP contribution is -2.29. The van der Waals surface area contributed by atoms with Gasteiger partial charge >= 0.3 is 0 Å². The number of nitrogens with zero attached hydrogens (tertiary/aromatic N) is 4. The summed E-state index contributed by atoms with van der Waals surface area (Å²) in [6, 6.07) is 0.370. The van der Waals surface area contributed by atoms with Crippen LogP contribution < -0.4 is 16.0 Å². The maximum Gasteiger partial charge on any atom is 0.229 e. The van der Waals surface area contributed by atoms with E-state index in [1.165, 1.54) is 0 Å². The zero-order valence-electron chi connectivity index (χ0n) is 11.8. The third-order valence-corrected chi connectivity index (χ3v) is 3.38. The molecule has 0 saturated carbocycles. The van der Waals surface area contributed by atoms with Gasteiger partial charge < -0.3 is 16.0 Å². The van der Waals surface area contributed by atoms with E-state index in [1.807, 2.05) is 7.05 Å². The predicted octanol–water partition coefficient (Wildman–Crippen LogP) is 1.26. The lowest BCUT2D eigenvalue weighted by Gasteiger charge is -2.13. The molecule has 0 radical (unpaired) electrons. The SMILES string of the molecule is Cn1cc(Nc2ncc(F)c(NC[C@H]3CCCN3)n2)cn1. The first-order chi connectivity index (χ1) is 10.2. The van der Waals surface area contributed by atoms with Crippen molar-refractivity contribution in [1.82, 2.24) is 25.1 Å². The minimum Gasteiger partial charge on any atom is -0.366 e. The average molecular weight is 291 g/mol. The van der Waals surface area contributed by atoms with E-state index in [1.54, 1.807) is 17.1 Å². The molecular weight excluding hydrogens is 273 g/mol. The van der Waals surface area contributed by atoms with Crippen LogP contribution in [0.4, 0.5) is 21.8 Å². The lowest BCUT2D eigenvalue weighted by atomic mass is 10.2. The number of halogens is 1. The molecule has 2 aromatic rings. The van der Waals surface area contributed by atoms with Gasteiger partial charge in [0.15, 0.2) is 11.6 Å². The first kappa shape index (κ1) is 13.7. The molecule has 3 rings (SSSR count). The largest absolute Gasteiger partial charge is 0.366 e. The van der Waals surface area contributed by atoms with Crippen molar-refractivity contribution in [3.8, 4) is 0 Å². The molecule has 1 saturated heterocycles. The second-order valence-corrected chi connectivity index (χ2v) is 5.09. The molecule has 0 unspecified atom stereocenters. The zero-order chi connectivity index (χ0) is 14.7. The third-order valence-electron chi connectivity index (χ3n) is 3.38. The summed E-state index contributed by atoms with van der Waals surface area (Å²) in [5, 5.41) is 13.4. The van der Waals surface area contributed by atoms with Gasteiger partial charge in [0.1, 0.15) is 0 Å². The zero-order valence-corrected chi connectivity index (χ0v) is 11.8. The summed E-state index contributed by atoms with van der Waals surface area (Å²) in [6.07, 6.45) is 6.87. The van der Waals surface area contributed by atoms with Gasteiger partial charge in [0.2, 0.25) is 5.95 Å². The van der Waals surface area contributed by atoms with Gasteiger partial charge in [-0.15, -0.1) is 0 Å². The molecule has 2 aromatic heterocycles. The molecular formula is C13H18FN7. The van der Waals surface area contributed by atoms with Crippen LogP contribution in [0.3, 0.4) is 0 Å². The first-order valence-corrected chi connectivity index (χ1v) is 6.96. The number of aromatic nitrogens is 4. The Bertz CT molecular complexity index is 606. The van der Waals surface area contributed by atoms with Gasteiger partial charge in [0.25, 0.3) is 0 Å². The second kappa shape index (κ2) is 6.04. The van der Waals surface area contributed by atoms with Gasteiger partial charge in [-0.1, -0.05) is 0 Å². The maximum absolute atomic E-state index is 13.7. The van der Waals surface area contributed by atoms with Gasteiger partial charge in [0.05, 0.1) is 18.1 Å². The Morgan fingerprint density at radius 3 is 3.10 bits per heavy atom. The fourth-order valence-corrected chi connectivity index (χ4v) is 2.32. The summed E-state index contributed by atoms with van der Waals surface area (Å²) in [5.41, 5.74) is 0.757. The smallest absolute Gasteiger partial charge is 0.229 e. The first-order valence-electron chi connectivity index (χ1n) is 6.96. The summed E-state index contributed by atoms with van der Waals surface area (Å²) >= 11 is 0. The third kappa shape index (κ3) is 3.46. The highest BCUT2D eigenvalue weighted by Gasteiger charge is 2.15. The number of rotatable bonds is 5. The number of aryl methyl sites for hydroxylation is 1. The summed E-state index contributed by atoms with van der Waals surface area (Å²) in [4.78, 5) is 8.10. The van der Waals surface area contributed by atoms with Crippen molar-refractivity contribution in [2.24, 2.45) is 7.05 Å². The number of nitrogens with one attached hydrogen (secondary N) is 3. The van der Waals surface area contributed by atoms with Crippen LogP contribution >= 0.6 is 0 Å².